The molecule has 5 heteroatoms. The first kappa shape index (κ1) is 10.4. The molecule has 0 amide bonds. The Labute approximate surface area is 103 Å². The van der Waals surface area contributed by atoms with Gasteiger partial charge in [-0.15, -0.1) is 11.3 Å². The normalized spacial score (nSPS) is 12.8. The minimum absolute atomic E-state index is 0.303. The predicted octanol–water partition coefficient (Wildman–Crippen LogP) is 2.89. The molecule has 1 aromatic heterocycles. The Morgan fingerprint density at radius 2 is 2.06 bits per heavy atom. The summed E-state index contributed by atoms with van der Waals surface area (Å²) in [6, 6.07) is 3.99. The molecule has 0 aliphatic carbocycles. The van der Waals surface area contributed by atoms with Crippen LogP contribution in [0, 0.1) is 6.92 Å². The zero-order chi connectivity index (χ0) is 11.8. The molecule has 2 heterocycles. The molecule has 0 saturated heterocycles. The number of hydrogen-bond acceptors (Lipinski definition) is 5. The Hall–Kier alpha value is -1.75. The second-order valence-corrected chi connectivity index (χ2v) is 4.67. The van der Waals surface area contributed by atoms with Gasteiger partial charge in [-0.05, 0) is 24.6 Å². The van der Waals surface area contributed by atoms with E-state index in [4.69, 9.17) is 9.47 Å². The van der Waals surface area contributed by atoms with Crippen LogP contribution in [-0.2, 0) is 0 Å². The quantitative estimate of drug-likeness (QED) is 0.887. The summed E-state index contributed by atoms with van der Waals surface area (Å²) in [5, 5.41) is 6.02. The molecule has 1 aromatic carbocycles. The maximum absolute atomic E-state index is 5.39. The summed E-state index contributed by atoms with van der Waals surface area (Å²) < 4.78 is 10.7. The third kappa shape index (κ3) is 1.72. The van der Waals surface area contributed by atoms with Crippen LogP contribution in [0.1, 0.15) is 5.56 Å². The van der Waals surface area contributed by atoms with E-state index in [9.17, 15) is 0 Å². The lowest BCUT2D eigenvalue weighted by Gasteiger charge is -2.04. The third-order valence-corrected chi connectivity index (χ3v) is 3.59. The highest BCUT2D eigenvalue weighted by molar-refractivity contribution is 7.13. The summed E-state index contributed by atoms with van der Waals surface area (Å²) in [4.78, 5) is 4.50. The van der Waals surface area contributed by atoms with E-state index in [2.05, 4.69) is 17.2 Å². The van der Waals surface area contributed by atoms with E-state index in [1.54, 1.807) is 11.3 Å². The van der Waals surface area contributed by atoms with Gasteiger partial charge in [0.25, 0.3) is 0 Å². The van der Waals surface area contributed by atoms with Crippen LogP contribution in [0.25, 0.3) is 10.6 Å². The van der Waals surface area contributed by atoms with Crippen molar-refractivity contribution >= 4 is 17.2 Å². The Bertz CT molecular complexity index is 566. The van der Waals surface area contributed by atoms with Crippen molar-refractivity contribution in [2.75, 3.05) is 19.2 Å². The minimum atomic E-state index is 0.303. The third-order valence-electron chi connectivity index (χ3n) is 2.71. The van der Waals surface area contributed by atoms with Gasteiger partial charge in [-0.2, -0.15) is 0 Å². The van der Waals surface area contributed by atoms with Crippen LogP contribution < -0.4 is 14.8 Å². The molecule has 1 aliphatic rings. The topological polar surface area (TPSA) is 43.4 Å². The van der Waals surface area contributed by atoms with E-state index in [-0.39, 0.29) is 0 Å². The van der Waals surface area contributed by atoms with Crippen LogP contribution >= 0.6 is 11.3 Å². The van der Waals surface area contributed by atoms with E-state index in [0.717, 1.165) is 33.5 Å². The lowest BCUT2D eigenvalue weighted by molar-refractivity contribution is 0.174. The fraction of sp³-hybridized carbons (Fsp3) is 0.250. The first-order chi connectivity index (χ1) is 8.28. The highest BCUT2D eigenvalue weighted by Crippen LogP contribution is 2.39. The van der Waals surface area contributed by atoms with Gasteiger partial charge in [-0.25, -0.2) is 4.98 Å². The number of thiazole rings is 1. The second-order valence-electron chi connectivity index (χ2n) is 3.81. The molecule has 0 atom stereocenters. The van der Waals surface area contributed by atoms with Crippen molar-refractivity contribution < 1.29 is 9.47 Å². The number of nitrogens with zero attached hydrogens (tertiary/aromatic N) is 1. The summed E-state index contributed by atoms with van der Waals surface area (Å²) >= 11 is 1.62. The van der Waals surface area contributed by atoms with E-state index in [1.165, 1.54) is 0 Å². The molecule has 0 unspecified atom stereocenters. The van der Waals surface area contributed by atoms with Crippen molar-refractivity contribution in [1.29, 1.82) is 0 Å². The fourth-order valence-electron chi connectivity index (χ4n) is 1.79. The van der Waals surface area contributed by atoms with E-state index >= 15 is 0 Å². The van der Waals surface area contributed by atoms with Gasteiger partial charge >= 0.3 is 0 Å². The Morgan fingerprint density at radius 1 is 1.29 bits per heavy atom. The maximum atomic E-state index is 5.39. The van der Waals surface area contributed by atoms with Gasteiger partial charge in [-0.1, -0.05) is 0 Å². The number of rotatable bonds is 2. The van der Waals surface area contributed by atoms with Gasteiger partial charge in [0.2, 0.25) is 6.79 Å². The Balaban J connectivity index is 2.08. The lowest BCUT2D eigenvalue weighted by atomic mass is 10.1. The molecular formula is C12H12N2O2S. The summed E-state index contributed by atoms with van der Waals surface area (Å²) in [6.07, 6.45) is 0. The van der Waals surface area contributed by atoms with Crippen LogP contribution in [0.2, 0.25) is 0 Å². The number of anilines is 1. The molecule has 0 radical (unpaired) electrons. The van der Waals surface area contributed by atoms with Crippen LogP contribution in [0.5, 0.6) is 11.5 Å². The van der Waals surface area contributed by atoms with Crippen LogP contribution in [0.3, 0.4) is 0 Å². The van der Waals surface area contributed by atoms with Gasteiger partial charge < -0.3 is 14.8 Å². The molecule has 2 aromatic rings. The Kier molecular flexibility index (Phi) is 2.40. The molecule has 88 valence electrons. The van der Waals surface area contributed by atoms with Crippen molar-refractivity contribution in [3.05, 3.63) is 23.1 Å². The largest absolute Gasteiger partial charge is 0.454 e. The van der Waals surface area contributed by atoms with Gasteiger partial charge in [0.05, 0.1) is 0 Å². The molecule has 1 aliphatic heterocycles. The van der Waals surface area contributed by atoms with Crippen LogP contribution in [-0.4, -0.2) is 18.8 Å². The van der Waals surface area contributed by atoms with Gasteiger partial charge in [0.15, 0.2) is 11.5 Å². The van der Waals surface area contributed by atoms with E-state index in [1.807, 2.05) is 24.6 Å². The molecule has 1 N–H and O–H groups in total. The van der Waals surface area contributed by atoms with Crippen LogP contribution in [0.15, 0.2) is 17.5 Å². The second kappa shape index (κ2) is 3.92. The van der Waals surface area contributed by atoms with Crippen molar-refractivity contribution in [2.45, 2.75) is 6.92 Å². The summed E-state index contributed by atoms with van der Waals surface area (Å²) in [5.74, 6) is 2.51. The van der Waals surface area contributed by atoms with Gasteiger partial charge in [0.1, 0.15) is 10.8 Å². The maximum Gasteiger partial charge on any atom is 0.231 e. The first-order valence-corrected chi connectivity index (χ1v) is 6.20. The zero-order valence-corrected chi connectivity index (χ0v) is 10.4. The monoisotopic (exact) mass is 248 g/mol. The molecule has 0 bridgehead atoms. The summed E-state index contributed by atoms with van der Waals surface area (Å²) in [7, 11) is 1.87. The smallest absolute Gasteiger partial charge is 0.231 e. The van der Waals surface area contributed by atoms with Gasteiger partial charge in [-0.3, -0.25) is 0 Å². The predicted molar refractivity (Wildman–Crippen MR) is 68.0 cm³/mol. The minimum Gasteiger partial charge on any atom is -0.454 e. The van der Waals surface area contributed by atoms with E-state index < -0.39 is 0 Å². The number of ether oxygens (including phenoxy) is 2. The van der Waals surface area contributed by atoms with Crippen molar-refractivity contribution in [3.8, 4) is 22.1 Å². The van der Waals surface area contributed by atoms with Crippen molar-refractivity contribution in [2.24, 2.45) is 0 Å². The van der Waals surface area contributed by atoms with Crippen molar-refractivity contribution in [1.82, 2.24) is 4.98 Å². The lowest BCUT2D eigenvalue weighted by Crippen LogP contribution is -1.92. The zero-order valence-electron chi connectivity index (χ0n) is 9.61. The number of hydrogen-bond donors (Lipinski definition) is 1. The highest BCUT2D eigenvalue weighted by atomic mass is 32.1. The fourth-order valence-corrected chi connectivity index (χ4v) is 2.68. The first-order valence-electron chi connectivity index (χ1n) is 5.32. The summed E-state index contributed by atoms with van der Waals surface area (Å²) in [6.45, 7) is 2.36. The van der Waals surface area contributed by atoms with Crippen LogP contribution in [0.4, 0.5) is 5.82 Å². The van der Waals surface area contributed by atoms with Crippen molar-refractivity contribution in [3.63, 3.8) is 0 Å². The van der Waals surface area contributed by atoms with E-state index in [0.29, 0.717) is 6.79 Å². The summed E-state index contributed by atoms with van der Waals surface area (Å²) in [5.41, 5.74) is 2.24. The number of fused-ring (bicyclic) bond motifs is 1. The standard InChI is InChI=1S/C12H12N2O2S/c1-7-3-9-10(16-6-15-9)4-8(7)12-14-11(13-2)5-17-12/h3-5,13H,6H2,1-2H3. The average molecular weight is 248 g/mol. The highest BCUT2D eigenvalue weighted by Gasteiger charge is 2.17. The molecule has 0 fully saturated rings. The molecule has 0 spiro atoms. The number of aryl methyl sites for hydroxylation is 1. The molecule has 17 heavy (non-hydrogen) atoms. The molecule has 0 saturated carbocycles. The average Bonchev–Trinajstić information content (AvgIpc) is 2.94. The molecular weight excluding hydrogens is 236 g/mol. The van der Waals surface area contributed by atoms with Gasteiger partial charge in [0, 0.05) is 18.0 Å². The Morgan fingerprint density at radius 3 is 2.76 bits per heavy atom. The number of benzene rings is 1. The number of nitrogens with one attached hydrogen (secondary N) is 1. The molecule has 4 nitrogen and oxygen atoms in total. The number of aromatic nitrogens is 1. The SMILES string of the molecule is CNc1csc(-c2cc3c(cc2C)OCO3)n1. The molecule has 3 rings (SSSR count).